The number of hydrogen-bond acceptors (Lipinski definition) is 3. The van der Waals surface area contributed by atoms with Gasteiger partial charge in [-0.25, -0.2) is 4.68 Å². The van der Waals surface area contributed by atoms with E-state index in [9.17, 15) is 9.59 Å². The molecule has 0 saturated carbocycles. The van der Waals surface area contributed by atoms with Gasteiger partial charge in [0.1, 0.15) is 6.29 Å². The Hall–Kier alpha value is -2.43. The van der Waals surface area contributed by atoms with Crippen molar-refractivity contribution in [2.24, 2.45) is 0 Å². The van der Waals surface area contributed by atoms with Crippen molar-refractivity contribution in [3.05, 3.63) is 47.8 Å². The van der Waals surface area contributed by atoms with Crippen LogP contribution in [-0.2, 0) is 0 Å². The summed E-state index contributed by atoms with van der Waals surface area (Å²) in [6, 6.07) is 8.63. The maximum Gasteiger partial charge on any atom is 0.273 e. The fourth-order valence-corrected chi connectivity index (χ4v) is 1.52. The van der Waals surface area contributed by atoms with Crippen molar-refractivity contribution in [2.45, 2.75) is 0 Å². The number of hydrogen-bond donors (Lipinski definition) is 0. The number of carbonyl (C=O) groups is 2. The number of benzene rings is 1. The monoisotopic (exact) mass is 243 g/mol. The molecule has 0 fully saturated rings. The largest absolute Gasteiger partial charge is 0.343 e. The number of rotatable bonds is 3. The first kappa shape index (κ1) is 12.0. The van der Waals surface area contributed by atoms with Crippen LogP contribution in [0.25, 0.3) is 5.69 Å². The molecule has 1 aromatic carbocycles. The molecule has 2 rings (SSSR count). The summed E-state index contributed by atoms with van der Waals surface area (Å²) in [7, 11) is 3.36. The highest BCUT2D eigenvalue weighted by molar-refractivity contribution is 5.91. The average Bonchev–Trinajstić information content (AvgIpc) is 2.87. The van der Waals surface area contributed by atoms with Crippen LogP contribution in [0.5, 0.6) is 0 Å². The molecule has 0 atom stereocenters. The molecule has 0 aliphatic heterocycles. The third kappa shape index (κ3) is 2.29. The van der Waals surface area contributed by atoms with Gasteiger partial charge in [0, 0.05) is 25.9 Å². The molecule has 0 aliphatic rings. The van der Waals surface area contributed by atoms with Gasteiger partial charge in [0.2, 0.25) is 0 Å². The van der Waals surface area contributed by atoms with E-state index in [1.807, 2.05) is 0 Å². The molecule has 0 radical (unpaired) electrons. The van der Waals surface area contributed by atoms with Crippen molar-refractivity contribution in [3.8, 4) is 5.69 Å². The summed E-state index contributed by atoms with van der Waals surface area (Å²) in [5.74, 6) is -0.140. The molecule has 5 nitrogen and oxygen atoms in total. The standard InChI is InChI=1S/C13H13N3O2/c1-15(2)13(18)12-7-8-16(14-12)11-5-3-10(9-17)4-6-11/h3-9H,1-2H3. The first-order valence-electron chi connectivity index (χ1n) is 5.45. The van der Waals surface area contributed by atoms with Crippen LogP contribution >= 0.6 is 0 Å². The maximum atomic E-state index is 11.7. The molecule has 18 heavy (non-hydrogen) atoms. The molecule has 1 amide bonds. The van der Waals surface area contributed by atoms with E-state index in [2.05, 4.69) is 5.10 Å². The predicted octanol–water partition coefficient (Wildman–Crippen LogP) is 1.39. The number of carbonyl (C=O) groups excluding carboxylic acids is 2. The van der Waals surface area contributed by atoms with Crippen molar-refractivity contribution in [2.75, 3.05) is 14.1 Å². The molecule has 0 bridgehead atoms. The van der Waals surface area contributed by atoms with E-state index in [-0.39, 0.29) is 5.91 Å². The van der Waals surface area contributed by atoms with Crippen LogP contribution in [0.4, 0.5) is 0 Å². The molecular formula is C13H13N3O2. The normalized spacial score (nSPS) is 10.1. The molecule has 1 aromatic heterocycles. The van der Waals surface area contributed by atoms with Gasteiger partial charge in [0.25, 0.3) is 5.91 Å². The lowest BCUT2D eigenvalue weighted by molar-refractivity contribution is 0.0821. The maximum absolute atomic E-state index is 11.7. The second kappa shape index (κ2) is 4.83. The average molecular weight is 243 g/mol. The third-order valence-electron chi connectivity index (χ3n) is 2.51. The van der Waals surface area contributed by atoms with E-state index >= 15 is 0 Å². The van der Waals surface area contributed by atoms with Crippen molar-refractivity contribution >= 4 is 12.2 Å². The summed E-state index contributed by atoms with van der Waals surface area (Å²) in [6.07, 6.45) is 2.50. The molecule has 0 unspecified atom stereocenters. The number of amides is 1. The highest BCUT2D eigenvalue weighted by Gasteiger charge is 2.11. The quantitative estimate of drug-likeness (QED) is 0.765. The molecule has 0 spiro atoms. The molecular weight excluding hydrogens is 230 g/mol. The van der Waals surface area contributed by atoms with Crippen LogP contribution in [0.3, 0.4) is 0 Å². The Morgan fingerprint density at radius 1 is 1.22 bits per heavy atom. The Morgan fingerprint density at radius 2 is 1.89 bits per heavy atom. The van der Waals surface area contributed by atoms with E-state index in [1.54, 1.807) is 55.3 Å². The fraction of sp³-hybridized carbons (Fsp3) is 0.154. The van der Waals surface area contributed by atoms with Gasteiger partial charge >= 0.3 is 0 Å². The minimum atomic E-state index is -0.140. The Labute approximate surface area is 105 Å². The Kier molecular flexibility index (Phi) is 3.23. The highest BCUT2D eigenvalue weighted by atomic mass is 16.2. The summed E-state index contributed by atoms with van der Waals surface area (Å²) >= 11 is 0. The zero-order chi connectivity index (χ0) is 13.1. The lowest BCUT2D eigenvalue weighted by Gasteiger charge is -2.07. The van der Waals surface area contributed by atoms with Gasteiger partial charge in [-0.1, -0.05) is 0 Å². The lowest BCUT2D eigenvalue weighted by atomic mass is 10.2. The second-order valence-corrected chi connectivity index (χ2v) is 4.05. The van der Waals surface area contributed by atoms with Crippen LogP contribution in [0.15, 0.2) is 36.5 Å². The molecule has 0 saturated heterocycles. The van der Waals surface area contributed by atoms with Crippen molar-refractivity contribution in [3.63, 3.8) is 0 Å². The van der Waals surface area contributed by atoms with Gasteiger partial charge in [-0.3, -0.25) is 9.59 Å². The van der Waals surface area contributed by atoms with Gasteiger partial charge in [0.15, 0.2) is 5.69 Å². The van der Waals surface area contributed by atoms with Gasteiger partial charge in [0.05, 0.1) is 5.69 Å². The Morgan fingerprint density at radius 3 is 2.44 bits per heavy atom. The third-order valence-corrected chi connectivity index (χ3v) is 2.51. The first-order chi connectivity index (χ1) is 8.61. The molecule has 1 heterocycles. The van der Waals surface area contributed by atoms with E-state index in [4.69, 9.17) is 0 Å². The smallest absolute Gasteiger partial charge is 0.273 e. The minimum Gasteiger partial charge on any atom is -0.343 e. The summed E-state index contributed by atoms with van der Waals surface area (Å²) in [5.41, 5.74) is 1.80. The summed E-state index contributed by atoms with van der Waals surface area (Å²) in [4.78, 5) is 23.7. The zero-order valence-electron chi connectivity index (χ0n) is 10.2. The molecule has 0 N–H and O–H groups in total. The lowest BCUT2D eigenvalue weighted by Crippen LogP contribution is -2.22. The summed E-state index contributed by atoms with van der Waals surface area (Å²) < 4.78 is 1.60. The van der Waals surface area contributed by atoms with Crippen LogP contribution in [0, 0.1) is 0 Å². The topological polar surface area (TPSA) is 55.2 Å². The SMILES string of the molecule is CN(C)C(=O)c1ccn(-c2ccc(C=O)cc2)n1. The van der Waals surface area contributed by atoms with Gasteiger partial charge in [-0.2, -0.15) is 5.10 Å². The highest BCUT2D eigenvalue weighted by Crippen LogP contribution is 2.09. The van der Waals surface area contributed by atoms with E-state index < -0.39 is 0 Å². The number of aldehydes is 1. The van der Waals surface area contributed by atoms with Gasteiger partial charge in [-0.05, 0) is 30.3 Å². The molecule has 2 aromatic rings. The van der Waals surface area contributed by atoms with Crippen molar-refractivity contribution in [1.82, 2.24) is 14.7 Å². The van der Waals surface area contributed by atoms with E-state index in [0.29, 0.717) is 11.3 Å². The molecule has 92 valence electrons. The van der Waals surface area contributed by atoms with Crippen molar-refractivity contribution in [1.29, 1.82) is 0 Å². The first-order valence-corrected chi connectivity index (χ1v) is 5.45. The van der Waals surface area contributed by atoms with Crippen LogP contribution < -0.4 is 0 Å². The van der Waals surface area contributed by atoms with Crippen LogP contribution in [0.2, 0.25) is 0 Å². The Balaban J connectivity index is 2.28. The molecule has 0 aliphatic carbocycles. The zero-order valence-corrected chi connectivity index (χ0v) is 10.2. The van der Waals surface area contributed by atoms with E-state index in [0.717, 1.165) is 12.0 Å². The summed E-state index contributed by atoms with van der Waals surface area (Å²) in [6.45, 7) is 0. The van der Waals surface area contributed by atoms with Gasteiger partial charge < -0.3 is 4.90 Å². The van der Waals surface area contributed by atoms with Gasteiger partial charge in [-0.15, -0.1) is 0 Å². The second-order valence-electron chi connectivity index (χ2n) is 4.05. The van der Waals surface area contributed by atoms with Crippen molar-refractivity contribution < 1.29 is 9.59 Å². The van der Waals surface area contributed by atoms with E-state index in [1.165, 1.54) is 4.90 Å². The molecule has 5 heteroatoms. The predicted molar refractivity (Wildman–Crippen MR) is 67.0 cm³/mol. The Bertz CT molecular complexity index is 570. The van der Waals surface area contributed by atoms with Crippen LogP contribution in [0.1, 0.15) is 20.8 Å². The summed E-state index contributed by atoms with van der Waals surface area (Å²) in [5, 5.41) is 4.19. The number of aromatic nitrogens is 2. The fourth-order valence-electron chi connectivity index (χ4n) is 1.52. The minimum absolute atomic E-state index is 0.140. The van der Waals surface area contributed by atoms with Crippen LogP contribution in [-0.4, -0.2) is 41.0 Å². The number of nitrogens with zero attached hydrogens (tertiary/aromatic N) is 3.